The summed E-state index contributed by atoms with van der Waals surface area (Å²) in [6.07, 6.45) is 0. The number of hydrogen-bond acceptors (Lipinski definition) is 5. The number of sulfonamides is 1. The van der Waals surface area contributed by atoms with Crippen molar-refractivity contribution in [2.45, 2.75) is 51.2 Å². The fraction of sp³-hybridized carbons (Fsp3) is 0.310. The smallest absolute Gasteiger partial charge is 0.264 e. The number of amides is 2. The second kappa shape index (κ2) is 13.6. The number of anilines is 1. The van der Waals surface area contributed by atoms with Crippen LogP contribution in [0.25, 0.3) is 0 Å². The quantitative estimate of drug-likeness (QED) is 0.320. The number of nitrogens with zero attached hydrogens (tertiary/aromatic N) is 2. The van der Waals surface area contributed by atoms with Crippen LogP contribution in [-0.4, -0.2) is 50.4 Å². The average Bonchev–Trinajstić information content (AvgIpc) is 2.91. The molecule has 0 aliphatic carbocycles. The van der Waals surface area contributed by atoms with Gasteiger partial charge in [-0.25, -0.2) is 12.8 Å². The third kappa shape index (κ3) is 7.95. The average molecular weight is 590 g/mol. The maximum Gasteiger partial charge on any atom is 0.264 e. The Balaban J connectivity index is 2.02. The maximum atomic E-state index is 13.9. The van der Waals surface area contributed by atoms with Crippen LogP contribution in [0.2, 0.25) is 5.02 Å². The van der Waals surface area contributed by atoms with E-state index in [0.29, 0.717) is 22.9 Å². The molecule has 0 aliphatic heterocycles. The molecule has 3 aromatic carbocycles. The molecular formula is C29H33ClFN3O5S. The van der Waals surface area contributed by atoms with Gasteiger partial charge in [-0.05, 0) is 93.9 Å². The maximum absolute atomic E-state index is 13.9. The largest absolute Gasteiger partial charge is 0.494 e. The predicted molar refractivity (Wildman–Crippen MR) is 153 cm³/mol. The molecule has 11 heteroatoms. The summed E-state index contributed by atoms with van der Waals surface area (Å²) in [5, 5.41) is 3.32. The Hall–Kier alpha value is -3.63. The molecular weight excluding hydrogens is 557 g/mol. The van der Waals surface area contributed by atoms with E-state index in [4.69, 9.17) is 16.3 Å². The summed E-state index contributed by atoms with van der Waals surface area (Å²) in [6.45, 7) is 6.87. The summed E-state index contributed by atoms with van der Waals surface area (Å²) in [5.41, 5.74) is 0.905. The van der Waals surface area contributed by atoms with Crippen molar-refractivity contribution in [2.24, 2.45) is 0 Å². The fourth-order valence-corrected chi connectivity index (χ4v) is 5.45. The topological polar surface area (TPSA) is 96.0 Å². The van der Waals surface area contributed by atoms with E-state index in [2.05, 4.69) is 5.32 Å². The van der Waals surface area contributed by atoms with Gasteiger partial charge in [0.25, 0.3) is 10.0 Å². The molecule has 0 aliphatic rings. The van der Waals surface area contributed by atoms with Gasteiger partial charge in [-0.2, -0.15) is 0 Å². The van der Waals surface area contributed by atoms with Crippen molar-refractivity contribution in [3.8, 4) is 5.75 Å². The second-order valence-electron chi connectivity index (χ2n) is 9.38. The highest BCUT2D eigenvalue weighted by atomic mass is 35.5. The third-order valence-corrected chi connectivity index (χ3v) is 8.02. The highest BCUT2D eigenvalue weighted by Gasteiger charge is 2.32. The van der Waals surface area contributed by atoms with Crippen LogP contribution < -0.4 is 14.4 Å². The van der Waals surface area contributed by atoms with Crippen LogP contribution in [0.15, 0.2) is 77.7 Å². The number of hydrogen-bond donors (Lipinski definition) is 1. The first-order valence-electron chi connectivity index (χ1n) is 12.8. The van der Waals surface area contributed by atoms with Gasteiger partial charge in [-0.1, -0.05) is 23.7 Å². The van der Waals surface area contributed by atoms with Crippen LogP contribution in [0.3, 0.4) is 0 Å². The Bertz CT molecular complexity index is 1400. The van der Waals surface area contributed by atoms with Crippen molar-refractivity contribution in [3.05, 3.63) is 89.2 Å². The van der Waals surface area contributed by atoms with Crippen LogP contribution in [0.1, 0.15) is 33.3 Å². The lowest BCUT2D eigenvalue weighted by molar-refractivity contribution is -0.139. The molecule has 1 atom stereocenters. The Morgan fingerprint density at radius 1 is 0.950 bits per heavy atom. The number of halogens is 2. The lowest BCUT2D eigenvalue weighted by Gasteiger charge is -2.32. The van der Waals surface area contributed by atoms with E-state index < -0.39 is 34.3 Å². The molecule has 8 nitrogen and oxygen atoms in total. The SMILES string of the molecule is CCOc1ccc(N(CC(=O)N(Cc2ccc(Cl)cc2)C(C)C(=O)NC(C)C)S(=O)(=O)c2ccc(F)cc2)cc1. The zero-order chi connectivity index (χ0) is 29.4. The fourth-order valence-electron chi connectivity index (χ4n) is 3.91. The molecule has 40 heavy (non-hydrogen) atoms. The molecule has 0 aromatic heterocycles. The molecule has 1 unspecified atom stereocenters. The number of carbonyl (C=O) groups is 2. The van der Waals surface area contributed by atoms with Crippen molar-refractivity contribution in [1.29, 1.82) is 0 Å². The lowest BCUT2D eigenvalue weighted by atomic mass is 10.1. The van der Waals surface area contributed by atoms with Crippen LogP contribution >= 0.6 is 11.6 Å². The molecule has 0 radical (unpaired) electrons. The molecule has 3 aromatic rings. The summed E-state index contributed by atoms with van der Waals surface area (Å²) < 4.78 is 47.5. The number of nitrogens with one attached hydrogen (secondary N) is 1. The van der Waals surface area contributed by atoms with Crippen LogP contribution in [-0.2, 0) is 26.2 Å². The van der Waals surface area contributed by atoms with E-state index in [0.717, 1.165) is 28.6 Å². The minimum atomic E-state index is -4.31. The Kier molecular flexibility index (Phi) is 10.5. The summed E-state index contributed by atoms with van der Waals surface area (Å²) in [4.78, 5) is 27.9. The van der Waals surface area contributed by atoms with E-state index in [1.807, 2.05) is 6.92 Å². The monoisotopic (exact) mass is 589 g/mol. The Labute approximate surface area is 239 Å². The van der Waals surface area contributed by atoms with E-state index in [1.54, 1.807) is 57.2 Å². The molecule has 0 spiro atoms. The summed E-state index contributed by atoms with van der Waals surface area (Å²) in [5.74, 6) is -1.06. The highest BCUT2D eigenvalue weighted by molar-refractivity contribution is 7.92. The first-order valence-corrected chi connectivity index (χ1v) is 14.6. The van der Waals surface area contributed by atoms with Gasteiger partial charge in [0.05, 0.1) is 17.2 Å². The van der Waals surface area contributed by atoms with Crippen molar-refractivity contribution in [2.75, 3.05) is 17.5 Å². The normalized spacial score (nSPS) is 12.1. The minimum Gasteiger partial charge on any atom is -0.494 e. The van der Waals surface area contributed by atoms with Crippen LogP contribution in [0.5, 0.6) is 5.75 Å². The van der Waals surface area contributed by atoms with Crippen LogP contribution in [0.4, 0.5) is 10.1 Å². The molecule has 0 heterocycles. The minimum absolute atomic E-state index is 0.0381. The highest BCUT2D eigenvalue weighted by Crippen LogP contribution is 2.27. The van der Waals surface area contributed by atoms with Gasteiger partial charge in [0.15, 0.2) is 0 Å². The number of ether oxygens (including phenoxy) is 1. The third-order valence-electron chi connectivity index (χ3n) is 5.98. The van der Waals surface area contributed by atoms with E-state index in [9.17, 15) is 22.4 Å². The van der Waals surface area contributed by atoms with E-state index >= 15 is 0 Å². The standard InChI is InChI=1S/C29H33ClFN3O5S/c1-5-39-26-14-12-25(13-15-26)34(40(37,38)27-16-10-24(31)11-17-27)19-28(35)33(21(4)29(36)32-20(2)3)18-22-6-8-23(30)9-7-22/h6-17,20-21H,5,18-19H2,1-4H3,(H,32,36). The van der Waals surface area contributed by atoms with Gasteiger partial charge >= 0.3 is 0 Å². The van der Waals surface area contributed by atoms with Crippen LogP contribution in [0, 0.1) is 5.82 Å². The summed E-state index contributed by atoms with van der Waals surface area (Å²) in [7, 11) is -4.31. The number of carbonyl (C=O) groups excluding carboxylic acids is 2. The van der Waals surface area contributed by atoms with Gasteiger partial charge in [0, 0.05) is 17.6 Å². The number of benzene rings is 3. The molecule has 1 N–H and O–H groups in total. The summed E-state index contributed by atoms with van der Waals surface area (Å²) in [6, 6.07) is 16.3. The van der Waals surface area contributed by atoms with Gasteiger partial charge in [-0.15, -0.1) is 0 Å². The van der Waals surface area contributed by atoms with Gasteiger partial charge < -0.3 is 15.0 Å². The van der Waals surface area contributed by atoms with Crippen molar-refractivity contribution in [1.82, 2.24) is 10.2 Å². The van der Waals surface area contributed by atoms with Gasteiger partial charge in [0.1, 0.15) is 24.2 Å². The first-order chi connectivity index (χ1) is 18.9. The Morgan fingerprint density at radius 2 is 1.55 bits per heavy atom. The molecule has 0 saturated heterocycles. The molecule has 0 fully saturated rings. The van der Waals surface area contributed by atoms with Gasteiger partial charge in [-0.3, -0.25) is 13.9 Å². The zero-order valence-corrected chi connectivity index (χ0v) is 24.4. The molecule has 0 bridgehead atoms. The molecule has 2 amide bonds. The molecule has 0 saturated carbocycles. The van der Waals surface area contributed by atoms with E-state index in [1.165, 1.54) is 17.0 Å². The van der Waals surface area contributed by atoms with Crippen molar-refractivity contribution < 1.29 is 27.1 Å². The zero-order valence-electron chi connectivity index (χ0n) is 22.8. The molecule has 214 valence electrons. The lowest BCUT2D eigenvalue weighted by Crippen LogP contribution is -2.52. The second-order valence-corrected chi connectivity index (χ2v) is 11.7. The first kappa shape index (κ1) is 30.9. The Morgan fingerprint density at radius 3 is 2.10 bits per heavy atom. The van der Waals surface area contributed by atoms with Crippen molar-refractivity contribution in [3.63, 3.8) is 0 Å². The predicted octanol–water partition coefficient (Wildman–Crippen LogP) is 5.02. The van der Waals surface area contributed by atoms with Gasteiger partial charge in [0.2, 0.25) is 11.8 Å². The summed E-state index contributed by atoms with van der Waals surface area (Å²) >= 11 is 6.02. The van der Waals surface area contributed by atoms with Crippen molar-refractivity contribution >= 4 is 39.1 Å². The van der Waals surface area contributed by atoms with E-state index in [-0.39, 0.29) is 29.1 Å². The molecule has 3 rings (SSSR count). The number of rotatable bonds is 12.